The molecule has 0 saturated carbocycles. The van der Waals surface area contributed by atoms with Gasteiger partial charge in [0.15, 0.2) is 0 Å². The van der Waals surface area contributed by atoms with Crippen LogP contribution in [0.25, 0.3) is 0 Å². The molecule has 0 fully saturated rings. The number of hydrogen-bond acceptors (Lipinski definition) is 9. The Morgan fingerprint density at radius 1 is 0.806 bits per heavy atom. The van der Waals surface area contributed by atoms with E-state index >= 15 is 0 Å². The quantitative estimate of drug-likeness (QED) is 0.109. The fourth-order valence-electron chi connectivity index (χ4n) is 3.11. The summed E-state index contributed by atoms with van der Waals surface area (Å²) in [6.45, 7) is 14.1. The third kappa shape index (κ3) is 8.29. The molecule has 0 aliphatic heterocycles. The van der Waals surface area contributed by atoms with Crippen molar-refractivity contribution in [2.45, 2.75) is 40.5 Å². The predicted octanol–water partition coefficient (Wildman–Crippen LogP) is 6.05. The van der Waals surface area contributed by atoms with Crippen molar-refractivity contribution < 1.29 is 36.6 Å². The maximum absolute atomic E-state index is 13.3. The molecule has 0 saturated heterocycles. The number of ether oxygens (including phenoxy) is 2. The van der Waals surface area contributed by atoms with Crippen molar-refractivity contribution in [2.75, 3.05) is 13.2 Å². The summed E-state index contributed by atoms with van der Waals surface area (Å²) in [5, 5.41) is 0. The highest BCUT2D eigenvalue weighted by Gasteiger charge is 2.32. The van der Waals surface area contributed by atoms with Gasteiger partial charge >= 0.3 is 19.8 Å². The van der Waals surface area contributed by atoms with Gasteiger partial charge in [-0.1, -0.05) is 37.4 Å². The number of thiol groups is 1. The zero-order valence-electron chi connectivity index (χ0n) is 20.9. The second kappa shape index (κ2) is 13.3. The van der Waals surface area contributed by atoms with Gasteiger partial charge in [0.2, 0.25) is 0 Å². The van der Waals surface area contributed by atoms with Crippen LogP contribution in [-0.2, 0) is 40.4 Å². The monoisotopic (exact) mass is 534 g/mol. The molecule has 2 aromatic carbocycles. The highest BCUT2D eigenvalue weighted by molar-refractivity contribution is 7.80. The number of benzene rings is 2. The predicted molar refractivity (Wildman–Crippen MR) is 140 cm³/mol. The second-order valence-electron chi connectivity index (χ2n) is 8.12. The lowest BCUT2D eigenvalue weighted by Gasteiger charge is -2.20. The van der Waals surface area contributed by atoms with E-state index in [-0.39, 0.29) is 24.7 Å². The van der Waals surface area contributed by atoms with E-state index in [9.17, 15) is 14.2 Å². The maximum atomic E-state index is 13.3. The Kier molecular flexibility index (Phi) is 10.8. The molecular formula is C26H31O8PS. The molecule has 0 atom stereocenters. The zero-order chi connectivity index (χ0) is 26.9. The van der Waals surface area contributed by atoms with Crippen molar-refractivity contribution >= 4 is 32.7 Å². The van der Waals surface area contributed by atoms with Crippen LogP contribution in [0.5, 0.6) is 11.5 Å². The van der Waals surface area contributed by atoms with Crippen LogP contribution >= 0.6 is 20.7 Å². The van der Waals surface area contributed by atoms with Crippen molar-refractivity contribution in [3.63, 3.8) is 0 Å². The Morgan fingerprint density at radius 3 is 1.53 bits per heavy atom. The van der Waals surface area contributed by atoms with Gasteiger partial charge in [0.25, 0.3) is 0 Å². The normalized spacial score (nSPS) is 10.9. The largest absolute Gasteiger partial charge is 0.598 e. The second-order valence-corrected chi connectivity index (χ2v) is 10.0. The molecule has 36 heavy (non-hydrogen) atoms. The molecule has 0 N–H and O–H groups in total. The van der Waals surface area contributed by atoms with Gasteiger partial charge in [-0.3, -0.25) is 0 Å². The molecule has 0 unspecified atom stereocenters. The summed E-state index contributed by atoms with van der Waals surface area (Å²) in [5.74, 6) is -0.380. The number of hydrogen-bond donors (Lipinski definition) is 1. The first-order chi connectivity index (χ1) is 17.0. The van der Waals surface area contributed by atoms with Gasteiger partial charge in [-0.25, -0.2) is 14.2 Å². The first-order valence-electron chi connectivity index (χ1n) is 11.1. The third-order valence-corrected chi connectivity index (χ3v) is 6.86. The molecule has 0 amide bonds. The van der Waals surface area contributed by atoms with E-state index in [1.54, 1.807) is 52.0 Å². The molecule has 0 heterocycles. The topological polar surface area (TPSA) is 97.4 Å². The van der Waals surface area contributed by atoms with Gasteiger partial charge in [-0.05, 0) is 75.0 Å². The Balaban J connectivity index is 2.13. The summed E-state index contributed by atoms with van der Waals surface area (Å²) in [6, 6.07) is 10.4. The van der Waals surface area contributed by atoms with Crippen LogP contribution in [-0.4, -0.2) is 25.2 Å². The van der Waals surface area contributed by atoms with Crippen LogP contribution in [0, 0.1) is 13.8 Å². The molecule has 0 radical (unpaired) electrons. The molecule has 8 nitrogen and oxygen atoms in total. The molecule has 0 aromatic heterocycles. The van der Waals surface area contributed by atoms with Crippen LogP contribution in [0.4, 0.5) is 0 Å². The highest BCUT2D eigenvalue weighted by Crippen LogP contribution is 2.52. The summed E-state index contributed by atoms with van der Waals surface area (Å²) in [6.07, 6.45) is 0.845. The molecule has 0 aliphatic rings. The zero-order valence-corrected chi connectivity index (χ0v) is 22.7. The maximum Gasteiger partial charge on any atom is 0.598 e. The minimum absolute atomic E-state index is 0.154. The van der Waals surface area contributed by atoms with Gasteiger partial charge in [0.1, 0.15) is 11.5 Å². The fourth-order valence-corrected chi connectivity index (χ4v) is 4.29. The van der Waals surface area contributed by atoms with E-state index in [0.717, 1.165) is 11.1 Å². The van der Waals surface area contributed by atoms with Crippen LogP contribution in [0.15, 0.2) is 60.7 Å². The standard InChI is InChI=1S/C26H31O8PS/c1-17(2)25(27)30-15-13-21-9-7-11-23(19(21)5)32-35(29,34-36)33-24-12-8-10-22(20(24)6)14-16-31-26(28)18(3)4/h7-12,36H,1,3,13-16H2,2,4-6H3. The molecular weight excluding hydrogens is 503 g/mol. The number of esters is 2. The number of carbonyl (C=O) groups excluding carboxylic acids is 2. The van der Waals surface area contributed by atoms with Crippen molar-refractivity contribution in [1.82, 2.24) is 0 Å². The van der Waals surface area contributed by atoms with Crippen molar-refractivity contribution in [3.8, 4) is 11.5 Å². The minimum atomic E-state index is -4.18. The lowest BCUT2D eigenvalue weighted by Crippen LogP contribution is -2.10. The van der Waals surface area contributed by atoms with E-state index in [2.05, 4.69) is 26.1 Å². The summed E-state index contributed by atoms with van der Waals surface area (Å²) < 4.78 is 39.8. The van der Waals surface area contributed by atoms with Gasteiger partial charge in [0.05, 0.1) is 13.2 Å². The van der Waals surface area contributed by atoms with Crippen LogP contribution in [0.1, 0.15) is 36.1 Å². The van der Waals surface area contributed by atoms with Gasteiger partial charge in [-0.2, -0.15) is 3.97 Å². The minimum Gasteiger partial charge on any atom is -0.462 e. The van der Waals surface area contributed by atoms with E-state index in [1.165, 1.54) is 0 Å². The Hall–Kier alpha value is -3.00. The van der Waals surface area contributed by atoms with E-state index in [1.807, 2.05) is 12.1 Å². The van der Waals surface area contributed by atoms with Gasteiger partial charge in [-0.15, -0.1) is 0 Å². The van der Waals surface area contributed by atoms with Gasteiger partial charge < -0.3 is 18.5 Å². The lowest BCUT2D eigenvalue weighted by molar-refractivity contribution is -0.139. The number of phosphoric acid groups is 1. The number of rotatable bonds is 13. The lowest BCUT2D eigenvalue weighted by atomic mass is 10.1. The highest BCUT2D eigenvalue weighted by atomic mass is 32.1. The molecule has 194 valence electrons. The summed E-state index contributed by atoms with van der Waals surface area (Å²) in [5.41, 5.74) is 3.66. The number of phosphoric ester groups is 1. The molecule has 0 bridgehead atoms. The fraction of sp³-hybridized carbons (Fsp3) is 0.308. The number of carbonyl (C=O) groups is 2. The van der Waals surface area contributed by atoms with Crippen LogP contribution < -0.4 is 9.05 Å². The van der Waals surface area contributed by atoms with Crippen molar-refractivity contribution in [1.29, 1.82) is 0 Å². The SMILES string of the molecule is C=C(C)C(=O)OCCc1cccc(OP(=O)(OS)Oc2cccc(CCOC(=O)C(=C)C)c2C)c1C. The summed E-state index contributed by atoms with van der Waals surface area (Å²) in [7, 11) is -4.18. The Labute approximate surface area is 217 Å². The van der Waals surface area contributed by atoms with Crippen molar-refractivity contribution in [3.05, 3.63) is 83.0 Å². The Morgan fingerprint density at radius 2 is 1.19 bits per heavy atom. The first kappa shape index (κ1) is 29.2. The van der Waals surface area contributed by atoms with Gasteiger partial charge in [0, 0.05) is 24.0 Å². The first-order valence-corrected chi connectivity index (χ1v) is 12.9. The molecule has 0 aliphatic carbocycles. The summed E-state index contributed by atoms with van der Waals surface area (Å²) in [4.78, 5) is 23.2. The van der Waals surface area contributed by atoms with Crippen LogP contribution in [0.2, 0.25) is 0 Å². The average Bonchev–Trinajstić information content (AvgIpc) is 2.83. The average molecular weight is 535 g/mol. The molecule has 0 spiro atoms. The third-order valence-electron chi connectivity index (χ3n) is 5.22. The molecule has 2 aromatic rings. The molecule has 10 heteroatoms. The van der Waals surface area contributed by atoms with Crippen molar-refractivity contribution in [2.24, 2.45) is 0 Å². The van der Waals surface area contributed by atoms with E-state index in [4.69, 9.17) is 22.5 Å². The smallest absolute Gasteiger partial charge is 0.462 e. The van der Waals surface area contributed by atoms with Crippen LogP contribution in [0.3, 0.4) is 0 Å². The summed E-state index contributed by atoms with van der Waals surface area (Å²) >= 11 is 3.73. The Bertz CT molecular complexity index is 1100. The molecule has 2 rings (SSSR count). The van der Waals surface area contributed by atoms with E-state index < -0.39 is 19.8 Å². The van der Waals surface area contributed by atoms with E-state index in [0.29, 0.717) is 35.1 Å².